The Morgan fingerprint density at radius 1 is 1.15 bits per heavy atom. The lowest BCUT2D eigenvalue weighted by atomic mass is 10.2. The van der Waals surface area contributed by atoms with Crippen molar-refractivity contribution in [1.82, 2.24) is 10.2 Å². The average molecular weight is 362 g/mol. The summed E-state index contributed by atoms with van der Waals surface area (Å²) >= 11 is 0. The Morgan fingerprint density at radius 2 is 1.88 bits per heavy atom. The molecule has 7 nitrogen and oxygen atoms in total. The van der Waals surface area contributed by atoms with Crippen molar-refractivity contribution in [3.63, 3.8) is 0 Å². The highest BCUT2D eigenvalue weighted by molar-refractivity contribution is 5.94. The van der Waals surface area contributed by atoms with Crippen LogP contribution in [0.5, 0.6) is 11.5 Å². The molecule has 0 aliphatic carbocycles. The number of nitrogens with zero attached hydrogens (tertiary/aromatic N) is 2. The zero-order chi connectivity index (χ0) is 18.8. The van der Waals surface area contributed by atoms with E-state index in [1.165, 1.54) is 0 Å². The minimum absolute atomic E-state index is 0.130. The van der Waals surface area contributed by atoms with Crippen LogP contribution in [0.2, 0.25) is 0 Å². The van der Waals surface area contributed by atoms with E-state index in [0.717, 1.165) is 43.2 Å². The van der Waals surface area contributed by atoms with Gasteiger partial charge in [0.2, 0.25) is 5.91 Å². The van der Waals surface area contributed by atoms with Crippen LogP contribution in [-0.2, 0) is 4.79 Å². The van der Waals surface area contributed by atoms with Crippen molar-refractivity contribution >= 4 is 17.6 Å². The van der Waals surface area contributed by atoms with Gasteiger partial charge in [-0.05, 0) is 32.9 Å². The van der Waals surface area contributed by atoms with E-state index in [-0.39, 0.29) is 5.91 Å². The number of carbonyl (C=O) groups excluding carboxylic acids is 1. The molecule has 1 aliphatic rings. The molecule has 0 unspecified atom stereocenters. The van der Waals surface area contributed by atoms with Gasteiger partial charge in [-0.25, -0.2) is 0 Å². The molecule has 0 spiro atoms. The van der Waals surface area contributed by atoms with Crippen molar-refractivity contribution in [2.45, 2.75) is 33.6 Å². The lowest BCUT2D eigenvalue weighted by Crippen LogP contribution is -2.32. The molecule has 0 bridgehead atoms. The van der Waals surface area contributed by atoms with Crippen LogP contribution in [0, 0.1) is 0 Å². The number of carbonyl (C=O) groups is 1. The average Bonchev–Trinajstić information content (AvgIpc) is 2.88. The number of hydrogen-bond acceptors (Lipinski definition) is 4. The van der Waals surface area contributed by atoms with Gasteiger partial charge in [-0.1, -0.05) is 0 Å². The lowest BCUT2D eigenvalue weighted by Gasteiger charge is -2.18. The summed E-state index contributed by atoms with van der Waals surface area (Å²) in [6.07, 6.45) is 1.28. The number of anilines is 1. The summed E-state index contributed by atoms with van der Waals surface area (Å²) in [7, 11) is 0. The maximum atomic E-state index is 12.1. The molecule has 1 aromatic rings. The largest absolute Gasteiger partial charge is 0.490 e. The van der Waals surface area contributed by atoms with Crippen molar-refractivity contribution in [3.05, 3.63) is 18.2 Å². The summed E-state index contributed by atoms with van der Waals surface area (Å²) < 4.78 is 11.4. The molecule has 0 atom stereocenters. The summed E-state index contributed by atoms with van der Waals surface area (Å²) in [6, 6.07) is 5.74. The molecule has 0 aromatic heterocycles. The van der Waals surface area contributed by atoms with Gasteiger partial charge < -0.3 is 25.0 Å². The van der Waals surface area contributed by atoms with Gasteiger partial charge in [-0.15, -0.1) is 0 Å². The molecular weight excluding hydrogens is 332 g/mol. The second-order valence-electron chi connectivity index (χ2n) is 5.91. The van der Waals surface area contributed by atoms with E-state index < -0.39 is 0 Å². The van der Waals surface area contributed by atoms with Crippen molar-refractivity contribution in [2.75, 3.05) is 44.7 Å². The number of benzene rings is 1. The van der Waals surface area contributed by atoms with Gasteiger partial charge in [0.05, 0.1) is 19.8 Å². The molecule has 0 radical (unpaired) electrons. The van der Waals surface area contributed by atoms with Crippen LogP contribution in [0.4, 0.5) is 5.69 Å². The molecule has 0 saturated heterocycles. The second-order valence-corrected chi connectivity index (χ2v) is 5.91. The summed E-state index contributed by atoms with van der Waals surface area (Å²) in [5.74, 6) is 2.28. The van der Waals surface area contributed by atoms with Crippen LogP contribution in [0.25, 0.3) is 0 Å². The van der Waals surface area contributed by atoms with Crippen molar-refractivity contribution in [2.24, 2.45) is 4.99 Å². The van der Waals surface area contributed by atoms with Crippen LogP contribution in [0.15, 0.2) is 23.2 Å². The number of fused-ring (bicyclic) bond motifs is 1. The molecular formula is C19H30N4O3. The Morgan fingerprint density at radius 3 is 2.58 bits per heavy atom. The molecule has 144 valence electrons. The summed E-state index contributed by atoms with van der Waals surface area (Å²) in [4.78, 5) is 18.4. The van der Waals surface area contributed by atoms with E-state index in [4.69, 9.17) is 9.47 Å². The van der Waals surface area contributed by atoms with Gasteiger partial charge in [0, 0.05) is 44.2 Å². The fourth-order valence-corrected chi connectivity index (χ4v) is 2.68. The first-order valence-electron chi connectivity index (χ1n) is 9.40. The van der Waals surface area contributed by atoms with Gasteiger partial charge >= 0.3 is 0 Å². The number of hydrogen-bond donors (Lipinski definition) is 2. The van der Waals surface area contributed by atoms with E-state index >= 15 is 0 Å². The summed E-state index contributed by atoms with van der Waals surface area (Å²) in [5, 5.41) is 6.46. The molecule has 1 amide bonds. The molecule has 0 fully saturated rings. The number of ether oxygens (including phenoxy) is 2. The molecule has 2 N–H and O–H groups in total. The highest BCUT2D eigenvalue weighted by Crippen LogP contribution is 2.32. The minimum Gasteiger partial charge on any atom is -0.490 e. The van der Waals surface area contributed by atoms with Gasteiger partial charge in [0.25, 0.3) is 0 Å². The minimum atomic E-state index is 0.130. The molecule has 2 rings (SSSR count). The fourth-order valence-electron chi connectivity index (χ4n) is 2.68. The van der Waals surface area contributed by atoms with Crippen LogP contribution >= 0.6 is 0 Å². The first kappa shape index (κ1) is 19.9. The van der Waals surface area contributed by atoms with Crippen LogP contribution in [0.1, 0.15) is 33.6 Å². The number of rotatable bonds is 7. The van der Waals surface area contributed by atoms with Crippen molar-refractivity contribution in [1.29, 1.82) is 0 Å². The highest BCUT2D eigenvalue weighted by atomic mass is 16.5. The van der Waals surface area contributed by atoms with Crippen LogP contribution in [-0.4, -0.2) is 56.2 Å². The second kappa shape index (κ2) is 10.5. The van der Waals surface area contributed by atoms with E-state index in [1.54, 1.807) is 0 Å². The quantitative estimate of drug-likeness (QED) is 0.576. The number of guanidine groups is 1. The number of aliphatic imine (C=N–C) groups is 1. The first-order chi connectivity index (χ1) is 12.7. The first-order valence-corrected chi connectivity index (χ1v) is 9.40. The maximum Gasteiger partial charge on any atom is 0.224 e. The van der Waals surface area contributed by atoms with E-state index in [0.29, 0.717) is 32.1 Å². The Balaban J connectivity index is 1.98. The Hall–Kier alpha value is -2.44. The number of nitrogens with one attached hydrogen (secondary N) is 2. The zero-order valence-corrected chi connectivity index (χ0v) is 16.0. The Bertz CT molecular complexity index is 615. The normalized spacial score (nSPS) is 13.7. The van der Waals surface area contributed by atoms with E-state index in [9.17, 15) is 4.79 Å². The maximum absolute atomic E-state index is 12.1. The third kappa shape index (κ3) is 5.82. The predicted molar refractivity (Wildman–Crippen MR) is 104 cm³/mol. The Kier molecular flexibility index (Phi) is 8.05. The van der Waals surface area contributed by atoms with Gasteiger partial charge in [0.1, 0.15) is 0 Å². The van der Waals surface area contributed by atoms with Gasteiger partial charge in [0.15, 0.2) is 17.5 Å². The van der Waals surface area contributed by atoms with Gasteiger partial charge in [-0.2, -0.15) is 0 Å². The van der Waals surface area contributed by atoms with Crippen molar-refractivity contribution < 1.29 is 14.3 Å². The number of amides is 1. The fraction of sp³-hybridized carbons (Fsp3) is 0.579. The zero-order valence-electron chi connectivity index (χ0n) is 16.0. The van der Waals surface area contributed by atoms with Crippen molar-refractivity contribution in [3.8, 4) is 11.5 Å². The Labute approximate surface area is 155 Å². The molecule has 1 aromatic carbocycles. The van der Waals surface area contributed by atoms with Crippen LogP contribution < -0.4 is 20.1 Å². The topological polar surface area (TPSA) is 75.2 Å². The molecule has 1 aliphatic heterocycles. The van der Waals surface area contributed by atoms with Gasteiger partial charge in [-0.3, -0.25) is 9.79 Å². The highest BCUT2D eigenvalue weighted by Gasteiger charge is 2.12. The molecule has 0 saturated carbocycles. The molecule has 1 heterocycles. The molecule has 26 heavy (non-hydrogen) atoms. The summed E-state index contributed by atoms with van der Waals surface area (Å²) in [6.45, 7) is 9.94. The SMILES string of the molecule is CCNC(=NCCC(=O)N(CC)CC)Nc1ccc2c(c1)OCCCO2. The standard InChI is InChI=1S/C19H30N4O3/c1-4-20-19(21-11-10-18(24)23(5-2)6-3)22-15-8-9-16-17(14-15)26-13-7-12-25-16/h8-9,14H,4-7,10-13H2,1-3H3,(H2,20,21,22). The smallest absolute Gasteiger partial charge is 0.224 e. The van der Waals surface area contributed by atoms with Crippen LogP contribution in [0.3, 0.4) is 0 Å². The summed E-state index contributed by atoms with van der Waals surface area (Å²) in [5.41, 5.74) is 0.865. The third-order valence-corrected chi connectivity index (χ3v) is 4.07. The van der Waals surface area contributed by atoms with E-state index in [1.807, 2.05) is 43.9 Å². The monoisotopic (exact) mass is 362 g/mol. The van der Waals surface area contributed by atoms with E-state index in [2.05, 4.69) is 15.6 Å². The molecule has 7 heteroatoms. The lowest BCUT2D eigenvalue weighted by molar-refractivity contribution is -0.130. The predicted octanol–water partition coefficient (Wildman–Crippen LogP) is 2.48. The third-order valence-electron chi connectivity index (χ3n) is 4.07.